The highest BCUT2D eigenvalue weighted by Gasteiger charge is 2.08. The first-order chi connectivity index (χ1) is 8.56. The number of anilines is 1. The lowest BCUT2D eigenvalue weighted by Gasteiger charge is -2.07. The van der Waals surface area contributed by atoms with Gasteiger partial charge >= 0.3 is 0 Å². The summed E-state index contributed by atoms with van der Waals surface area (Å²) in [5.74, 6) is -0.268. The van der Waals surface area contributed by atoms with Gasteiger partial charge in [0.1, 0.15) is 0 Å². The van der Waals surface area contributed by atoms with Crippen molar-refractivity contribution < 1.29 is 4.79 Å². The summed E-state index contributed by atoms with van der Waals surface area (Å²) in [5, 5.41) is 4.20. The first kappa shape index (κ1) is 13.2. The van der Waals surface area contributed by atoms with E-state index in [1.165, 1.54) is 0 Å². The Kier molecular flexibility index (Phi) is 4.12. The molecule has 0 radical (unpaired) electrons. The molecule has 0 atom stereocenters. The van der Waals surface area contributed by atoms with E-state index >= 15 is 0 Å². The summed E-state index contributed by atoms with van der Waals surface area (Å²) in [6, 6.07) is 11.4. The Labute approximate surface area is 119 Å². The molecule has 18 heavy (non-hydrogen) atoms. The van der Waals surface area contributed by atoms with E-state index in [2.05, 4.69) is 5.32 Å². The third-order valence-corrected chi connectivity index (χ3v) is 3.10. The van der Waals surface area contributed by atoms with Crippen molar-refractivity contribution in [2.75, 3.05) is 5.32 Å². The molecule has 1 amide bonds. The zero-order chi connectivity index (χ0) is 13.1. The number of carbonyl (C=O) groups excluding carboxylic acids is 1. The molecule has 0 aliphatic heterocycles. The quantitative estimate of drug-likeness (QED) is 0.840. The number of amides is 1. The largest absolute Gasteiger partial charge is 0.321 e. The van der Waals surface area contributed by atoms with Crippen molar-refractivity contribution in [1.82, 2.24) is 0 Å². The van der Waals surface area contributed by atoms with Crippen molar-refractivity contribution in [1.29, 1.82) is 0 Å². The fraction of sp³-hybridized carbons (Fsp3) is 0. The smallest absolute Gasteiger partial charge is 0.255 e. The summed E-state index contributed by atoms with van der Waals surface area (Å²) in [5.41, 5.74) is 0.972. The first-order valence-electron chi connectivity index (χ1n) is 5.08. The summed E-state index contributed by atoms with van der Waals surface area (Å²) in [6.07, 6.45) is 0. The molecule has 5 heteroatoms. The molecular formula is C13H8Cl3NO. The maximum atomic E-state index is 11.9. The van der Waals surface area contributed by atoms with E-state index in [-0.39, 0.29) is 5.91 Å². The molecule has 0 aliphatic rings. The average molecular weight is 301 g/mol. The number of nitrogens with one attached hydrogen (secondary N) is 1. The normalized spacial score (nSPS) is 10.2. The third-order valence-electron chi connectivity index (χ3n) is 2.28. The minimum atomic E-state index is -0.268. The molecule has 0 saturated carbocycles. The summed E-state index contributed by atoms with van der Waals surface area (Å²) in [4.78, 5) is 11.9. The summed E-state index contributed by atoms with van der Waals surface area (Å²) in [7, 11) is 0. The Hall–Kier alpha value is -1.22. The number of carbonyl (C=O) groups is 1. The van der Waals surface area contributed by atoms with Crippen LogP contribution in [0.25, 0.3) is 0 Å². The van der Waals surface area contributed by atoms with Gasteiger partial charge in [-0.2, -0.15) is 0 Å². The van der Waals surface area contributed by atoms with Crippen molar-refractivity contribution in [2.24, 2.45) is 0 Å². The first-order valence-corrected chi connectivity index (χ1v) is 6.21. The van der Waals surface area contributed by atoms with E-state index < -0.39 is 0 Å². The highest BCUT2D eigenvalue weighted by molar-refractivity contribution is 6.36. The molecule has 0 fully saturated rings. The van der Waals surface area contributed by atoms with Crippen LogP contribution in [0, 0.1) is 0 Å². The van der Waals surface area contributed by atoms with Crippen LogP contribution in [0.1, 0.15) is 10.4 Å². The molecule has 1 N–H and O–H groups in total. The van der Waals surface area contributed by atoms with Gasteiger partial charge in [0.15, 0.2) is 0 Å². The fourth-order valence-corrected chi connectivity index (χ4v) is 1.85. The lowest BCUT2D eigenvalue weighted by atomic mass is 10.2. The van der Waals surface area contributed by atoms with Crippen molar-refractivity contribution in [3.63, 3.8) is 0 Å². The molecule has 0 unspecified atom stereocenters. The highest BCUT2D eigenvalue weighted by atomic mass is 35.5. The molecule has 2 aromatic carbocycles. The molecule has 0 spiro atoms. The van der Waals surface area contributed by atoms with E-state index in [9.17, 15) is 4.79 Å². The van der Waals surface area contributed by atoms with Gasteiger partial charge in [0, 0.05) is 15.6 Å². The molecule has 0 aliphatic carbocycles. The number of rotatable bonds is 2. The Bertz CT molecular complexity index is 581. The Balaban J connectivity index is 2.21. The van der Waals surface area contributed by atoms with Gasteiger partial charge in [0.2, 0.25) is 0 Å². The van der Waals surface area contributed by atoms with Crippen molar-refractivity contribution in [2.45, 2.75) is 0 Å². The van der Waals surface area contributed by atoms with E-state index in [0.717, 1.165) is 0 Å². The summed E-state index contributed by atoms with van der Waals surface area (Å²) >= 11 is 17.6. The Morgan fingerprint density at radius 2 is 1.50 bits per heavy atom. The van der Waals surface area contributed by atoms with Gasteiger partial charge in [0.05, 0.1) is 10.7 Å². The van der Waals surface area contributed by atoms with Gasteiger partial charge < -0.3 is 5.32 Å². The van der Waals surface area contributed by atoms with Crippen molar-refractivity contribution in [3.8, 4) is 0 Å². The van der Waals surface area contributed by atoms with E-state index in [1.54, 1.807) is 42.5 Å². The van der Waals surface area contributed by atoms with Crippen molar-refractivity contribution in [3.05, 3.63) is 63.1 Å². The highest BCUT2D eigenvalue weighted by Crippen LogP contribution is 2.26. The second-order valence-corrected chi connectivity index (χ2v) is 4.87. The molecule has 0 saturated heterocycles. The van der Waals surface area contributed by atoms with Crippen LogP contribution < -0.4 is 5.32 Å². The maximum absolute atomic E-state index is 11.9. The molecule has 0 heterocycles. The summed E-state index contributed by atoms with van der Waals surface area (Å²) in [6.45, 7) is 0. The zero-order valence-electron chi connectivity index (χ0n) is 9.08. The van der Waals surface area contributed by atoms with Crippen LogP contribution in [0.2, 0.25) is 15.1 Å². The van der Waals surface area contributed by atoms with Gasteiger partial charge in [-0.3, -0.25) is 4.79 Å². The molecule has 2 nitrogen and oxygen atoms in total. The van der Waals surface area contributed by atoms with Crippen LogP contribution >= 0.6 is 34.8 Å². The van der Waals surface area contributed by atoms with Crippen LogP contribution in [0.5, 0.6) is 0 Å². The van der Waals surface area contributed by atoms with E-state index in [4.69, 9.17) is 34.8 Å². The lowest BCUT2D eigenvalue weighted by Crippen LogP contribution is -2.11. The maximum Gasteiger partial charge on any atom is 0.255 e. The van der Waals surface area contributed by atoms with Crippen LogP contribution in [-0.2, 0) is 0 Å². The number of benzene rings is 2. The molecule has 0 aromatic heterocycles. The van der Waals surface area contributed by atoms with Gasteiger partial charge in [0.25, 0.3) is 5.91 Å². The second-order valence-electron chi connectivity index (χ2n) is 3.59. The van der Waals surface area contributed by atoms with Gasteiger partial charge in [-0.25, -0.2) is 0 Å². The predicted molar refractivity (Wildman–Crippen MR) is 75.9 cm³/mol. The molecule has 2 rings (SSSR count). The Morgan fingerprint density at radius 1 is 0.889 bits per heavy atom. The molecular weight excluding hydrogens is 293 g/mol. The van der Waals surface area contributed by atoms with Crippen molar-refractivity contribution >= 4 is 46.4 Å². The molecule has 2 aromatic rings. The van der Waals surface area contributed by atoms with Gasteiger partial charge in [-0.15, -0.1) is 0 Å². The van der Waals surface area contributed by atoms with Gasteiger partial charge in [-0.1, -0.05) is 34.8 Å². The molecule has 0 bridgehead atoms. The van der Waals surface area contributed by atoms with E-state index in [1.807, 2.05) is 0 Å². The monoisotopic (exact) mass is 299 g/mol. The lowest BCUT2D eigenvalue weighted by molar-refractivity contribution is 0.102. The summed E-state index contributed by atoms with van der Waals surface area (Å²) < 4.78 is 0. The van der Waals surface area contributed by atoms with Crippen LogP contribution in [0.4, 0.5) is 5.69 Å². The fourth-order valence-electron chi connectivity index (χ4n) is 1.39. The van der Waals surface area contributed by atoms with E-state index in [0.29, 0.717) is 26.3 Å². The average Bonchev–Trinajstić information content (AvgIpc) is 2.34. The number of hydrogen-bond acceptors (Lipinski definition) is 1. The van der Waals surface area contributed by atoms with Crippen LogP contribution in [0.15, 0.2) is 42.5 Å². The zero-order valence-corrected chi connectivity index (χ0v) is 11.4. The van der Waals surface area contributed by atoms with Crippen LogP contribution in [-0.4, -0.2) is 5.91 Å². The minimum Gasteiger partial charge on any atom is -0.321 e. The second kappa shape index (κ2) is 5.61. The minimum absolute atomic E-state index is 0.268. The third kappa shape index (κ3) is 3.16. The molecule has 92 valence electrons. The van der Waals surface area contributed by atoms with Gasteiger partial charge in [-0.05, 0) is 42.5 Å². The Morgan fingerprint density at radius 3 is 2.17 bits per heavy atom. The number of halogens is 3. The van der Waals surface area contributed by atoms with Crippen LogP contribution in [0.3, 0.4) is 0 Å². The standard InChI is InChI=1S/C13H8Cl3NO/c14-9-3-1-8(2-4-9)13(18)17-12-7-10(15)5-6-11(12)16/h1-7H,(H,17,18). The predicted octanol–water partition coefficient (Wildman–Crippen LogP) is 4.90. The topological polar surface area (TPSA) is 29.1 Å². The SMILES string of the molecule is O=C(Nc1cc(Cl)ccc1Cl)c1ccc(Cl)cc1. The number of hydrogen-bond donors (Lipinski definition) is 1.